The molecule has 7 heteroatoms. The van der Waals surface area contributed by atoms with E-state index in [1.807, 2.05) is 18.2 Å². The third-order valence-electron chi connectivity index (χ3n) is 4.54. The minimum Gasteiger partial charge on any atom is -0.496 e. The van der Waals surface area contributed by atoms with Crippen LogP contribution >= 0.6 is 0 Å². The van der Waals surface area contributed by atoms with E-state index in [1.165, 1.54) is 13.2 Å². The molecule has 0 bridgehead atoms. The molecule has 0 saturated heterocycles. The zero-order valence-corrected chi connectivity index (χ0v) is 16.3. The molecule has 1 heterocycles. The monoisotopic (exact) mass is 395 g/mol. The van der Waals surface area contributed by atoms with E-state index in [2.05, 4.69) is 9.72 Å². The van der Waals surface area contributed by atoms with Gasteiger partial charge in [0, 0.05) is 23.2 Å². The normalized spacial score (nSPS) is 11.0. The molecule has 0 aliphatic carbocycles. The van der Waals surface area contributed by atoms with Gasteiger partial charge in [-0.3, -0.25) is 4.79 Å². The highest BCUT2D eigenvalue weighted by Crippen LogP contribution is 2.43. The maximum atomic E-state index is 11.4. The van der Waals surface area contributed by atoms with Crippen LogP contribution in [0.1, 0.15) is 11.1 Å². The van der Waals surface area contributed by atoms with Crippen molar-refractivity contribution in [2.24, 2.45) is 0 Å². The second kappa shape index (κ2) is 8.52. The molecule has 0 spiro atoms. The molecule has 1 aromatic heterocycles. The van der Waals surface area contributed by atoms with Crippen molar-refractivity contribution in [2.75, 3.05) is 21.3 Å². The molecule has 150 valence electrons. The highest BCUT2D eigenvalue weighted by atomic mass is 16.5. The lowest BCUT2D eigenvalue weighted by Gasteiger charge is -2.16. The lowest BCUT2D eigenvalue weighted by molar-refractivity contribution is -0.136. The average molecular weight is 395 g/mol. The van der Waals surface area contributed by atoms with E-state index in [-0.39, 0.29) is 6.42 Å². The molecule has 0 saturated carbocycles. The third kappa shape index (κ3) is 4.08. The number of carboxylic acids is 1. The number of esters is 1. The molecule has 7 nitrogen and oxygen atoms in total. The molecule has 0 aliphatic rings. The van der Waals surface area contributed by atoms with E-state index in [1.54, 1.807) is 38.6 Å². The predicted octanol–water partition coefficient (Wildman–Crippen LogP) is 3.67. The number of aliphatic carboxylic acids is 1. The Morgan fingerprint density at radius 1 is 1.10 bits per heavy atom. The van der Waals surface area contributed by atoms with Crippen molar-refractivity contribution in [3.63, 3.8) is 0 Å². The van der Waals surface area contributed by atoms with Crippen LogP contribution in [0.15, 0.2) is 42.6 Å². The molecular weight excluding hydrogens is 374 g/mol. The maximum absolute atomic E-state index is 11.4. The summed E-state index contributed by atoms with van der Waals surface area (Å²) in [5, 5.41) is 10.1. The topological polar surface area (TPSA) is 97.9 Å². The van der Waals surface area contributed by atoms with Crippen molar-refractivity contribution in [1.29, 1.82) is 0 Å². The molecule has 3 aromatic rings. The van der Waals surface area contributed by atoms with E-state index < -0.39 is 11.9 Å². The Bertz CT molecular complexity index is 1070. The van der Waals surface area contributed by atoms with Gasteiger partial charge in [-0.1, -0.05) is 12.1 Å². The second-order valence-corrected chi connectivity index (χ2v) is 6.27. The number of rotatable bonds is 7. The van der Waals surface area contributed by atoms with Crippen molar-refractivity contribution >= 4 is 28.9 Å². The number of nitrogens with one attached hydrogen (secondary N) is 1. The van der Waals surface area contributed by atoms with Gasteiger partial charge in [0.15, 0.2) is 0 Å². The summed E-state index contributed by atoms with van der Waals surface area (Å²) in [7, 11) is 4.39. The van der Waals surface area contributed by atoms with Crippen molar-refractivity contribution in [3.05, 3.63) is 53.7 Å². The van der Waals surface area contributed by atoms with Crippen LogP contribution in [0.5, 0.6) is 11.5 Å². The SMILES string of the molecule is COC(=O)C=Cc1cc(OC)c(-c2cccc3[nH]cc(CC(=O)O)c23)c(OC)c1. The van der Waals surface area contributed by atoms with Crippen LogP contribution in [-0.2, 0) is 20.7 Å². The first-order chi connectivity index (χ1) is 14.0. The second-order valence-electron chi connectivity index (χ2n) is 6.27. The number of benzene rings is 2. The number of carboxylic acid groups (broad SMARTS) is 1. The van der Waals surface area contributed by atoms with Crippen LogP contribution in [0.25, 0.3) is 28.1 Å². The van der Waals surface area contributed by atoms with Crippen LogP contribution in [0.4, 0.5) is 0 Å². The Kier molecular flexibility index (Phi) is 5.87. The number of methoxy groups -OCH3 is 3. The Balaban J connectivity index is 2.23. The van der Waals surface area contributed by atoms with Crippen molar-refractivity contribution < 1.29 is 28.9 Å². The molecule has 0 atom stereocenters. The molecular formula is C22H21NO6. The summed E-state index contributed by atoms with van der Waals surface area (Å²) < 4.78 is 15.8. The van der Waals surface area contributed by atoms with Crippen molar-refractivity contribution in [3.8, 4) is 22.6 Å². The summed E-state index contributed by atoms with van der Waals surface area (Å²) in [6, 6.07) is 9.21. The largest absolute Gasteiger partial charge is 0.496 e. The molecule has 0 radical (unpaired) electrons. The number of aromatic nitrogens is 1. The van der Waals surface area contributed by atoms with Crippen LogP contribution in [0, 0.1) is 0 Å². The van der Waals surface area contributed by atoms with Crippen LogP contribution in [0.2, 0.25) is 0 Å². The predicted molar refractivity (Wildman–Crippen MR) is 109 cm³/mol. The number of carbonyl (C=O) groups excluding carboxylic acids is 1. The van der Waals surface area contributed by atoms with E-state index in [4.69, 9.17) is 9.47 Å². The first-order valence-corrected chi connectivity index (χ1v) is 8.81. The molecule has 3 rings (SSSR count). The lowest BCUT2D eigenvalue weighted by atomic mass is 9.95. The van der Waals surface area contributed by atoms with Gasteiger partial charge in [0.2, 0.25) is 0 Å². The number of hydrogen-bond acceptors (Lipinski definition) is 5. The van der Waals surface area contributed by atoms with E-state index >= 15 is 0 Å². The Labute approximate surface area is 167 Å². The number of carbonyl (C=O) groups is 2. The van der Waals surface area contributed by atoms with Gasteiger partial charge >= 0.3 is 11.9 Å². The van der Waals surface area contributed by atoms with Gasteiger partial charge < -0.3 is 24.3 Å². The zero-order valence-electron chi connectivity index (χ0n) is 16.3. The van der Waals surface area contributed by atoms with Crippen LogP contribution < -0.4 is 9.47 Å². The van der Waals surface area contributed by atoms with Gasteiger partial charge in [-0.15, -0.1) is 0 Å². The molecule has 0 aliphatic heterocycles. The average Bonchev–Trinajstić information content (AvgIpc) is 3.13. The van der Waals surface area contributed by atoms with E-state index in [9.17, 15) is 14.7 Å². The Morgan fingerprint density at radius 2 is 1.79 bits per heavy atom. The first kappa shape index (κ1) is 20.0. The van der Waals surface area contributed by atoms with Gasteiger partial charge in [-0.05, 0) is 41.0 Å². The summed E-state index contributed by atoms with van der Waals surface area (Å²) >= 11 is 0. The number of ether oxygens (including phenoxy) is 3. The highest BCUT2D eigenvalue weighted by Gasteiger charge is 2.19. The number of hydrogen-bond donors (Lipinski definition) is 2. The Morgan fingerprint density at radius 3 is 2.38 bits per heavy atom. The van der Waals surface area contributed by atoms with E-state index in [0.717, 1.165) is 16.5 Å². The van der Waals surface area contributed by atoms with Gasteiger partial charge in [0.1, 0.15) is 11.5 Å². The summed E-state index contributed by atoms with van der Waals surface area (Å²) in [6.45, 7) is 0. The fourth-order valence-corrected chi connectivity index (χ4v) is 3.29. The fraction of sp³-hybridized carbons (Fsp3) is 0.182. The molecule has 2 aromatic carbocycles. The zero-order chi connectivity index (χ0) is 21.0. The number of H-pyrrole nitrogens is 1. The molecule has 2 N–H and O–H groups in total. The standard InChI is InChI=1S/C22H21NO6/c1-27-17-9-13(7-8-20(26)29-3)10-18(28-2)22(17)15-5-4-6-16-21(15)14(12-23-16)11-19(24)25/h4-10,12,23H,11H2,1-3H3,(H,24,25). The molecule has 0 fully saturated rings. The molecule has 0 unspecified atom stereocenters. The lowest BCUT2D eigenvalue weighted by Crippen LogP contribution is -2.00. The van der Waals surface area contributed by atoms with Crippen LogP contribution in [-0.4, -0.2) is 43.4 Å². The van der Waals surface area contributed by atoms with Crippen molar-refractivity contribution in [1.82, 2.24) is 4.98 Å². The van der Waals surface area contributed by atoms with Gasteiger partial charge in [-0.25, -0.2) is 4.79 Å². The van der Waals surface area contributed by atoms with Gasteiger partial charge in [0.25, 0.3) is 0 Å². The number of fused-ring (bicyclic) bond motifs is 1. The Hall–Kier alpha value is -3.74. The van der Waals surface area contributed by atoms with Gasteiger partial charge in [0.05, 0.1) is 33.3 Å². The summed E-state index contributed by atoms with van der Waals surface area (Å²) in [5.41, 5.74) is 3.67. The summed E-state index contributed by atoms with van der Waals surface area (Å²) in [6.07, 6.45) is 4.51. The fourth-order valence-electron chi connectivity index (χ4n) is 3.29. The summed E-state index contributed by atoms with van der Waals surface area (Å²) in [4.78, 5) is 25.8. The van der Waals surface area contributed by atoms with E-state index in [0.29, 0.717) is 28.2 Å². The smallest absolute Gasteiger partial charge is 0.330 e. The molecule has 0 amide bonds. The highest BCUT2D eigenvalue weighted by molar-refractivity contribution is 6.02. The first-order valence-electron chi connectivity index (χ1n) is 8.81. The van der Waals surface area contributed by atoms with Crippen molar-refractivity contribution in [2.45, 2.75) is 6.42 Å². The minimum atomic E-state index is -0.914. The maximum Gasteiger partial charge on any atom is 0.330 e. The molecule has 29 heavy (non-hydrogen) atoms. The third-order valence-corrected chi connectivity index (χ3v) is 4.54. The summed E-state index contributed by atoms with van der Waals surface area (Å²) in [5.74, 6) is -0.321. The van der Waals surface area contributed by atoms with Crippen LogP contribution in [0.3, 0.4) is 0 Å². The van der Waals surface area contributed by atoms with Gasteiger partial charge in [-0.2, -0.15) is 0 Å². The number of aromatic amines is 1. The minimum absolute atomic E-state index is 0.110. The quantitative estimate of drug-likeness (QED) is 0.468.